The smallest absolute Gasteiger partial charge is 0.129 e. The summed E-state index contributed by atoms with van der Waals surface area (Å²) in [5.41, 5.74) is 9.90. The van der Waals surface area contributed by atoms with Crippen LogP contribution in [0.15, 0.2) is 28.7 Å². The van der Waals surface area contributed by atoms with Crippen molar-refractivity contribution in [3.8, 4) is 11.1 Å². The highest BCUT2D eigenvalue weighted by atomic mass is 79.9. The Morgan fingerprint density at radius 1 is 1.19 bits per heavy atom. The molecule has 0 amide bonds. The molecular weight excluding hydrogens is 326 g/mol. The zero-order chi connectivity index (χ0) is 15.0. The minimum Gasteiger partial charge on any atom is -0.383 e. The minimum absolute atomic E-state index is 0.137. The first kappa shape index (κ1) is 14.6. The molecule has 0 bridgehead atoms. The van der Waals surface area contributed by atoms with E-state index in [0.717, 1.165) is 27.1 Å². The molecule has 0 unspecified atom stereocenters. The van der Waals surface area contributed by atoms with Crippen molar-refractivity contribution in [2.45, 2.75) is 44.4 Å². The maximum Gasteiger partial charge on any atom is 0.129 e. The zero-order valence-electron chi connectivity index (χ0n) is 12.7. The maximum atomic E-state index is 6.35. The van der Waals surface area contributed by atoms with E-state index >= 15 is 0 Å². The summed E-state index contributed by atoms with van der Waals surface area (Å²) < 4.78 is 2.90. The molecule has 1 fully saturated rings. The van der Waals surface area contributed by atoms with Crippen LogP contribution in [0.3, 0.4) is 0 Å². The fourth-order valence-corrected chi connectivity index (χ4v) is 3.94. The van der Waals surface area contributed by atoms with Crippen molar-refractivity contribution in [2.24, 2.45) is 7.05 Å². The summed E-state index contributed by atoms with van der Waals surface area (Å²) in [6.45, 7) is 2.34. The van der Waals surface area contributed by atoms with Gasteiger partial charge in [0.2, 0.25) is 0 Å². The van der Waals surface area contributed by atoms with Crippen LogP contribution in [0.1, 0.15) is 44.7 Å². The van der Waals surface area contributed by atoms with Crippen LogP contribution in [-0.4, -0.2) is 9.78 Å². The number of benzene rings is 1. The zero-order valence-corrected chi connectivity index (χ0v) is 14.3. The van der Waals surface area contributed by atoms with Gasteiger partial charge in [-0.05, 0) is 18.9 Å². The third kappa shape index (κ3) is 2.50. The van der Waals surface area contributed by atoms with Gasteiger partial charge in [-0.15, -0.1) is 0 Å². The van der Waals surface area contributed by atoms with Crippen molar-refractivity contribution in [2.75, 3.05) is 5.73 Å². The van der Waals surface area contributed by atoms with Crippen molar-refractivity contribution in [3.63, 3.8) is 0 Å². The highest BCUT2D eigenvalue weighted by Gasteiger charge is 2.35. The molecule has 3 rings (SSSR count). The second-order valence-electron chi connectivity index (χ2n) is 6.33. The molecule has 1 aromatic heterocycles. The van der Waals surface area contributed by atoms with Gasteiger partial charge in [0.05, 0.1) is 5.69 Å². The van der Waals surface area contributed by atoms with Gasteiger partial charge in [0, 0.05) is 28.1 Å². The summed E-state index contributed by atoms with van der Waals surface area (Å²) in [7, 11) is 1.94. The first-order valence-electron chi connectivity index (χ1n) is 7.61. The van der Waals surface area contributed by atoms with Crippen LogP contribution in [0, 0.1) is 0 Å². The Morgan fingerprint density at radius 3 is 2.52 bits per heavy atom. The average Bonchev–Trinajstić information content (AvgIpc) is 2.77. The molecule has 0 spiro atoms. The molecular formula is C17H22BrN3. The third-order valence-electron chi connectivity index (χ3n) is 4.76. The Hall–Kier alpha value is -1.29. The standard InChI is InChI=1S/C17H22BrN3/c1-17(10-6-3-7-11-17)15-14(16(19)21(2)20-15)12-8-4-5-9-13(12)18/h4-5,8-9H,3,6-7,10-11,19H2,1-2H3. The second-order valence-corrected chi connectivity index (χ2v) is 7.19. The van der Waals surface area contributed by atoms with E-state index in [1.54, 1.807) is 0 Å². The van der Waals surface area contributed by atoms with Gasteiger partial charge in [0.25, 0.3) is 0 Å². The molecule has 0 radical (unpaired) electrons. The average molecular weight is 348 g/mol. The lowest BCUT2D eigenvalue weighted by Gasteiger charge is -2.33. The number of hydrogen-bond donors (Lipinski definition) is 1. The van der Waals surface area contributed by atoms with Crippen molar-refractivity contribution in [3.05, 3.63) is 34.4 Å². The molecule has 1 saturated carbocycles. The van der Waals surface area contributed by atoms with E-state index in [2.05, 4.69) is 41.1 Å². The number of anilines is 1. The molecule has 0 atom stereocenters. The minimum atomic E-state index is 0.137. The number of nitrogens with zero attached hydrogens (tertiary/aromatic N) is 2. The van der Waals surface area contributed by atoms with Gasteiger partial charge in [0.1, 0.15) is 5.82 Å². The molecule has 1 aromatic carbocycles. The van der Waals surface area contributed by atoms with E-state index in [-0.39, 0.29) is 5.41 Å². The van der Waals surface area contributed by atoms with Gasteiger partial charge in [0.15, 0.2) is 0 Å². The van der Waals surface area contributed by atoms with E-state index in [1.807, 2.05) is 17.8 Å². The van der Waals surface area contributed by atoms with Crippen LogP contribution < -0.4 is 5.73 Å². The number of aryl methyl sites for hydroxylation is 1. The third-order valence-corrected chi connectivity index (χ3v) is 5.46. The van der Waals surface area contributed by atoms with E-state index in [9.17, 15) is 0 Å². The highest BCUT2D eigenvalue weighted by molar-refractivity contribution is 9.10. The van der Waals surface area contributed by atoms with Crippen LogP contribution in [0.4, 0.5) is 5.82 Å². The Labute approximate surface area is 134 Å². The SMILES string of the molecule is Cn1nc(C2(C)CCCCC2)c(-c2ccccc2Br)c1N. The summed E-state index contributed by atoms with van der Waals surface area (Å²) in [5.74, 6) is 0.753. The van der Waals surface area contributed by atoms with E-state index in [1.165, 1.54) is 32.1 Å². The monoisotopic (exact) mass is 347 g/mol. The van der Waals surface area contributed by atoms with Crippen LogP contribution in [0.2, 0.25) is 0 Å². The molecule has 2 N–H and O–H groups in total. The van der Waals surface area contributed by atoms with Crippen LogP contribution in [0.25, 0.3) is 11.1 Å². The first-order valence-corrected chi connectivity index (χ1v) is 8.40. The van der Waals surface area contributed by atoms with Gasteiger partial charge < -0.3 is 5.73 Å². The Bertz CT molecular complexity index is 654. The van der Waals surface area contributed by atoms with Crippen molar-refractivity contribution < 1.29 is 0 Å². The molecule has 1 aliphatic rings. The lowest BCUT2D eigenvalue weighted by Crippen LogP contribution is -2.26. The number of aromatic nitrogens is 2. The van der Waals surface area contributed by atoms with E-state index < -0.39 is 0 Å². The molecule has 1 heterocycles. The van der Waals surface area contributed by atoms with Gasteiger partial charge in [-0.25, -0.2) is 0 Å². The predicted molar refractivity (Wildman–Crippen MR) is 91.2 cm³/mol. The molecule has 4 heteroatoms. The van der Waals surface area contributed by atoms with Gasteiger partial charge in [-0.1, -0.05) is 60.3 Å². The van der Waals surface area contributed by atoms with E-state index in [0.29, 0.717) is 0 Å². The number of nitrogen functional groups attached to an aromatic ring is 1. The van der Waals surface area contributed by atoms with Crippen molar-refractivity contribution in [1.82, 2.24) is 9.78 Å². The fraction of sp³-hybridized carbons (Fsp3) is 0.471. The number of rotatable bonds is 2. The molecule has 112 valence electrons. The number of hydrogen-bond acceptors (Lipinski definition) is 2. The predicted octanol–water partition coefficient (Wildman–Crippen LogP) is 4.65. The molecule has 1 aliphatic carbocycles. The number of halogens is 1. The fourth-order valence-electron chi connectivity index (χ4n) is 3.46. The summed E-state index contributed by atoms with van der Waals surface area (Å²) in [5, 5.41) is 4.79. The quantitative estimate of drug-likeness (QED) is 0.858. The highest BCUT2D eigenvalue weighted by Crippen LogP contribution is 2.45. The topological polar surface area (TPSA) is 43.8 Å². The van der Waals surface area contributed by atoms with Crippen molar-refractivity contribution >= 4 is 21.7 Å². The molecule has 21 heavy (non-hydrogen) atoms. The lowest BCUT2D eigenvalue weighted by molar-refractivity contribution is 0.311. The summed E-state index contributed by atoms with van der Waals surface area (Å²) in [6, 6.07) is 8.27. The Morgan fingerprint density at radius 2 is 1.86 bits per heavy atom. The maximum absolute atomic E-state index is 6.35. The van der Waals surface area contributed by atoms with E-state index in [4.69, 9.17) is 10.8 Å². The lowest BCUT2D eigenvalue weighted by atomic mass is 9.72. The molecule has 0 saturated heterocycles. The first-order chi connectivity index (χ1) is 10.0. The van der Waals surface area contributed by atoms with Gasteiger partial charge in [-0.3, -0.25) is 4.68 Å². The Balaban J connectivity index is 2.19. The van der Waals surface area contributed by atoms with Gasteiger partial charge in [-0.2, -0.15) is 5.10 Å². The van der Waals surface area contributed by atoms with Crippen LogP contribution in [0.5, 0.6) is 0 Å². The number of nitrogens with two attached hydrogens (primary N) is 1. The normalized spacial score (nSPS) is 17.9. The van der Waals surface area contributed by atoms with Crippen LogP contribution in [-0.2, 0) is 12.5 Å². The summed E-state index contributed by atoms with van der Waals surface area (Å²) in [4.78, 5) is 0. The molecule has 0 aliphatic heterocycles. The molecule has 2 aromatic rings. The Kier molecular flexibility index (Phi) is 3.82. The molecule has 3 nitrogen and oxygen atoms in total. The van der Waals surface area contributed by atoms with Crippen molar-refractivity contribution in [1.29, 1.82) is 0 Å². The summed E-state index contributed by atoms with van der Waals surface area (Å²) in [6.07, 6.45) is 6.29. The van der Waals surface area contributed by atoms with Gasteiger partial charge >= 0.3 is 0 Å². The largest absolute Gasteiger partial charge is 0.383 e. The summed E-state index contributed by atoms with van der Waals surface area (Å²) >= 11 is 3.66. The van der Waals surface area contributed by atoms with Crippen LogP contribution >= 0.6 is 15.9 Å². The second kappa shape index (κ2) is 5.48.